The molecule has 2 aromatic carbocycles. The summed E-state index contributed by atoms with van der Waals surface area (Å²) in [6.45, 7) is 0.774. The maximum absolute atomic E-state index is 6.11. The van der Waals surface area contributed by atoms with E-state index in [1.807, 2.05) is 53.2 Å². The van der Waals surface area contributed by atoms with E-state index in [1.165, 1.54) is 0 Å². The molecule has 0 aliphatic heterocycles. The number of rotatable bonds is 4. The molecule has 0 radical (unpaired) electrons. The van der Waals surface area contributed by atoms with Crippen LogP contribution in [0.15, 0.2) is 67.3 Å². The third-order valence-corrected chi connectivity index (χ3v) is 3.09. The summed E-state index contributed by atoms with van der Waals surface area (Å²) in [6, 6.07) is 16.1. The Morgan fingerprint density at radius 2 is 1.95 bits per heavy atom. The maximum atomic E-state index is 6.11. The Kier molecular flexibility index (Phi) is 3.37. The van der Waals surface area contributed by atoms with Gasteiger partial charge in [0.2, 0.25) is 0 Å². The van der Waals surface area contributed by atoms with Crippen LogP contribution in [0.1, 0.15) is 5.56 Å². The molecule has 3 aromatic rings. The molecule has 4 heteroatoms. The van der Waals surface area contributed by atoms with Crippen LogP contribution in [-0.2, 0) is 6.54 Å². The fourth-order valence-electron chi connectivity index (χ4n) is 2.09. The largest absolute Gasteiger partial charge is 0.397 e. The number of nitrogens with two attached hydrogens (primary N) is 1. The first-order valence-corrected chi connectivity index (χ1v) is 6.47. The van der Waals surface area contributed by atoms with E-state index in [9.17, 15) is 0 Å². The first kappa shape index (κ1) is 12.3. The van der Waals surface area contributed by atoms with Crippen molar-refractivity contribution in [3.63, 3.8) is 0 Å². The lowest BCUT2D eigenvalue weighted by molar-refractivity contribution is 0.798. The highest BCUT2D eigenvalue weighted by Crippen LogP contribution is 2.24. The molecule has 1 aromatic heterocycles. The highest BCUT2D eigenvalue weighted by atomic mass is 15.0. The summed E-state index contributed by atoms with van der Waals surface area (Å²) in [6.07, 6.45) is 5.51. The van der Waals surface area contributed by atoms with Gasteiger partial charge >= 0.3 is 0 Å². The molecule has 0 atom stereocenters. The van der Waals surface area contributed by atoms with E-state index < -0.39 is 0 Å². The average molecular weight is 264 g/mol. The highest BCUT2D eigenvalue weighted by molar-refractivity contribution is 5.73. The third-order valence-electron chi connectivity index (χ3n) is 3.09. The van der Waals surface area contributed by atoms with Crippen LogP contribution < -0.4 is 11.1 Å². The summed E-state index contributed by atoms with van der Waals surface area (Å²) in [5.74, 6) is 0. The van der Waals surface area contributed by atoms with Crippen LogP contribution in [0.2, 0.25) is 0 Å². The van der Waals surface area contributed by atoms with Gasteiger partial charge in [0, 0.05) is 24.6 Å². The minimum absolute atomic E-state index is 0.742. The SMILES string of the molecule is Nc1cc(Cn2ccnc2)ccc1Nc1ccccc1. The normalized spacial score (nSPS) is 10.4. The van der Waals surface area contributed by atoms with Crippen molar-refractivity contribution in [1.82, 2.24) is 9.55 Å². The Hall–Kier alpha value is -2.75. The zero-order valence-corrected chi connectivity index (χ0v) is 11.0. The minimum atomic E-state index is 0.742. The summed E-state index contributed by atoms with van der Waals surface area (Å²) < 4.78 is 2.01. The van der Waals surface area contributed by atoms with E-state index in [-0.39, 0.29) is 0 Å². The number of nitrogen functional groups attached to an aromatic ring is 1. The monoisotopic (exact) mass is 264 g/mol. The third kappa shape index (κ3) is 2.80. The highest BCUT2D eigenvalue weighted by Gasteiger charge is 2.02. The maximum Gasteiger partial charge on any atom is 0.0949 e. The van der Waals surface area contributed by atoms with Gasteiger partial charge in [-0.2, -0.15) is 0 Å². The van der Waals surface area contributed by atoms with Crippen LogP contribution in [0, 0.1) is 0 Å². The van der Waals surface area contributed by atoms with Crippen molar-refractivity contribution in [3.8, 4) is 0 Å². The topological polar surface area (TPSA) is 55.9 Å². The van der Waals surface area contributed by atoms with Crippen molar-refractivity contribution in [1.29, 1.82) is 0 Å². The van der Waals surface area contributed by atoms with Gasteiger partial charge in [-0.25, -0.2) is 4.98 Å². The molecule has 0 aliphatic carbocycles. The predicted molar refractivity (Wildman–Crippen MR) is 81.9 cm³/mol. The van der Waals surface area contributed by atoms with Gasteiger partial charge in [-0.3, -0.25) is 0 Å². The van der Waals surface area contributed by atoms with Gasteiger partial charge in [0.25, 0.3) is 0 Å². The number of benzene rings is 2. The summed E-state index contributed by atoms with van der Waals surface area (Å²) in [4.78, 5) is 4.03. The molecule has 0 unspecified atom stereocenters. The predicted octanol–water partition coefficient (Wildman–Crippen LogP) is 3.26. The van der Waals surface area contributed by atoms with E-state index in [0.29, 0.717) is 0 Å². The fourth-order valence-corrected chi connectivity index (χ4v) is 2.09. The van der Waals surface area contributed by atoms with Crippen LogP contribution in [0.3, 0.4) is 0 Å². The van der Waals surface area contributed by atoms with Crippen LogP contribution >= 0.6 is 0 Å². The van der Waals surface area contributed by atoms with Gasteiger partial charge in [-0.05, 0) is 29.8 Å². The number of hydrogen-bond acceptors (Lipinski definition) is 3. The Morgan fingerprint density at radius 1 is 1.10 bits per heavy atom. The number of hydrogen-bond donors (Lipinski definition) is 2. The number of imidazole rings is 1. The van der Waals surface area contributed by atoms with Crippen LogP contribution in [0.4, 0.5) is 17.1 Å². The molecule has 100 valence electrons. The average Bonchev–Trinajstić information content (AvgIpc) is 2.96. The van der Waals surface area contributed by atoms with Crippen molar-refractivity contribution >= 4 is 17.1 Å². The van der Waals surface area contributed by atoms with Gasteiger partial charge in [0.05, 0.1) is 17.7 Å². The van der Waals surface area contributed by atoms with Crippen molar-refractivity contribution in [2.45, 2.75) is 6.54 Å². The Morgan fingerprint density at radius 3 is 2.65 bits per heavy atom. The lowest BCUT2D eigenvalue weighted by Gasteiger charge is -2.11. The van der Waals surface area contributed by atoms with Crippen LogP contribution in [-0.4, -0.2) is 9.55 Å². The van der Waals surface area contributed by atoms with Crippen molar-refractivity contribution in [2.75, 3.05) is 11.1 Å². The van der Waals surface area contributed by atoms with E-state index in [0.717, 1.165) is 29.2 Å². The first-order chi connectivity index (χ1) is 9.81. The second kappa shape index (κ2) is 5.48. The molecule has 20 heavy (non-hydrogen) atoms. The Bertz CT molecular complexity index is 675. The standard InChI is InChI=1S/C16H16N4/c17-15-10-13(11-20-9-8-18-12-20)6-7-16(15)19-14-4-2-1-3-5-14/h1-10,12,19H,11,17H2. The quantitative estimate of drug-likeness (QED) is 0.711. The Balaban J connectivity index is 1.77. The molecular weight excluding hydrogens is 248 g/mol. The smallest absolute Gasteiger partial charge is 0.0949 e. The van der Waals surface area contributed by atoms with Crippen LogP contribution in [0.25, 0.3) is 0 Å². The molecule has 4 nitrogen and oxygen atoms in total. The van der Waals surface area contributed by atoms with Gasteiger partial charge < -0.3 is 15.6 Å². The molecule has 0 spiro atoms. The summed E-state index contributed by atoms with van der Waals surface area (Å²) in [5, 5.41) is 3.31. The van der Waals surface area contributed by atoms with Crippen molar-refractivity contribution in [3.05, 3.63) is 72.8 Å². The first-order valence-electron chi connectivity index (χ1n) is 6.47. The number of para-hydroxylation sites is 1. The van der Waals surface area contributed by atoms with E-state index in [4.69, 9.17) is 5.73 Å². The van der Waals surface area contributed by atoms with Crippen molar-refractivity contribution < 1.29 is 0 Å². The van der Waals surface area contributed by atoms with Gasteiger partial charge in [-0.1, -0.05) is 24.3 Å². The lowest BCUT2D eigenvalue weighted by atomic mass is 10.1. The van der Waals surface area contributed by atoms with Crippen LogP contribution in [0.5, 0.6) is 0 Å². The second-order valence-electron chi connectivity index (χ2n) is 4.65. The molecule has 0 saturated carbocycles. The summed E-state index contributed by atoms with van der Waals surface area (Å²) in [5.41, 5.74) is 9.96. The Labute approximate surface area is 117 Å². The zero-order valence-electron chi connectivity index (χ0n) is 11.0. The molecule has 3 N–H and O–H groups in total. The van der Waals surface area contributed by atoms with Gasteiger partial charge in [0.15, 0.2) is 0 Å². The zero-order chi connectivity index (χ0) is 13.8. The molecular formula is C16H16N4. The van der Waals surface area contributed by atoms with E-state index in [1.54, 1.807) is 12.5 Å². The molecule has 0 amide bonds. The molecule has 0 saturated heterocycles. The van der Waals surface area contributed by atoms with Crippen molar-refractivity contribution in [2.24, 2.45) is 0 Å². The molecule has 0 bridgehead atoms. The van der Waals surface area contributed by atoms with E-state index in [2.05, 4.69) is 16.4 Å². The second-order valence-corrected chi connectivity index (χ2v) is 4.65. The molecule has 3 rings (SSSR count). The number of nitrogens with zero attached hydrogens (tertiary/aromatic N) is 2. The number of nitrogens with one attached hydrogen (secondary N) is 1. The lowest BCUT2D eigenvalue weighted by Crippen LogP contribution is -2.00. The minimum Gasteiger partial charge on any atom is -0.397 e. The molecule has 0 fully saturated rings. The molecule has 0 aliphatic rings. The summed E-state index contributed by atoms with van der Waals surface area (Å²) >= 11 is 0. The van der Waals surface area contributed by atoms with E-state index >= 15 is 0 Å². The number of aromatic nitrogens is 2. The fraction of sp³-hybridized carbons (Fsp3) is 0.0625. The van der Waals surface area contributed by atoms with Gasteiger partial charge in [-0.15, -0.1) is 0 Å². The van der Waals surface area contributed by atoms with Gasteiger partial charge in [0.1, 0.15) is 0 Å². The number of anilines is 3. The molecule has 1 heterocycles. The summed E-state index contributed by atoms with van der Waals surface area (Å²) in [7, 11) is 0.